The van der Waals surface area contributed by atoms with Crippen LogP contribution < -0.4 is 10.6 Å². The summed E-state index contributed by atoms with van der Waals surface area (Å²) in [6, 6.07) is 7.84. The number of carbonyl (C=O) groups excluding carboxylic acids is 1. The molecule has 0 aromatic heterocycles. The van der Waals surface area contributed by atoms with Gasteiger partial charge in [0.05, 0.1) is 5.92 Å². The van der Waals surface area contributed by atoms with E-state index in [0.29, 0.717) is 0 Å². The van der Waals surface area contributed by atoms with Crippen LogP contribution in [0.25, 0.3) is 0 Å². The van der Waals surface area contributed by atoms with E-state index in [1.165, 1.54) is 11.8 Å². The maximum absolute atomic E-state index is 11.8. The van der Waals surface area contributed by atoms with Crippen LogP contribution in [0.2, 0.25) is 0 Å². The highest BCUT2D eigenvalue weighted by atomic mass is 32.2. The van der Waals surface area contributed by atoms with E-state index in [-0.39, 0.29) is 11.8 Å². The SMILES string of the molecule is CSC(=S)NCCC1C(=O)Nc2ccccc21. The van der Waals surface area contributed by atoms with Gasteiger partial charge >= 0.3 is 0 Å². The summed E-state index contributed by atoms with van der Waals surface area (Å²) in [4.78, 5) is 11.8. The van der Waals surface area contributed by atoms with Crippen molar-refractivity contribution in [3.63, 3.8) is 0 Å². The van der Waals surface area contributed by atoms with Gasteiger partial charge < -0.3 is 10.6 Å². The highest BCUT2D eigenvalue weighted by Gasteiger charge is 2.29. The van der Waals surface area contributed by atoms with Gasteiger partial charge in [-0.25, -0.2) is 0 Å². The number of fused-ring (bicyclic) bond motifs is 1. The molecule has 0 fully saturated rings. The van der Waals surface area contributed by atoms with Gasteiger partial charge in [0.15, 0.2) is 0 Å². The van der Waals surface area contributed by atoms with Gasteiger partial charge in [-0.3, -0.25) is 4.79 Å². The summed E-state index contributed by atoms with van der Waals surface area (Å²) in [5, 5.41) is 6.02. The predicted molar refractivity (Wildman–Crippen MR) is 76.5 cm³/mol. The zero-order valence-electron chi connectivity index (χ0n) is 9.53. The van der Waals surface area contributed by atoms with Crippen molar-refractivity contribution >= 4 is 39.9 Å². The van der Waals surface area contributed by atoms with E-state index in [4.69, 9.17) is 12.2 Å². The third kappa shape index (κ3) is 2.79. The Hall–Kier alpha value is -1.07. The van der Waals surface area contributed by atoms with Crippen molar-refractivity contribution in [3.8, 4) is 0 Å². The van der Waals surface area contributed by atoms with Crippen molar-refractivity contribution in [2.75, 3.05) is 18.1 Å². The van der Waals surface area contributed by atoms with Crippen LogP contribution >= 0.6 is 24.0 Å². The molecule has 1 aromatic carbocycles. The average Bonchev–Trinajstić information content (AvgIpc) is 2.66. The van der Waals surface area contributed by atoms with E-state index in [1.54, 1.807) is 0 Å². The summed E-state index contributed by atoms with van der Waals surface area (Å²) in [6.45, 7) is 0.728. The number of thioether (sulfide) groups is 1. The fraction of sp³-hybridized carbons (Fsp3) is 0.333. The second-order valence-electron chi connectivity index (χ2n) is 3.84. The molecule has 1 aliphatic heterocycles. The van der Waals surface area contributed by atoms with Gasteiger partial charge in [-0.1, -0.05) is 30.4 Å². The van der Waals surface area contributed by atoms with Crippen LogP contribution in [0.15, 0.2) is 24.3 Å². The molecule has 0 radical (unpaired) electrons. The predicted octanol–water partition coefficient (Wildman–Crippen LogP) is 2.35. The highest BCUT2D eigenvalue weighted by Crippen LogP contribution is 2.33. The van der Waals surface area contributed by atoms with Crippen LogP contribution in [-0.2, 0) is 4.79 Å². The Bertz CT molecular complexity index is 448. The average molecular weight is 266 g/mol. The molecule has 1 amide bonds. The van der Waals surface area contributed by atoms with Gasteiger partial charge in [-0.15, -0.1) is 11.8 Å². The normalized spacial score (nSPS) is 17.5. The summed E-state index contributed by atoms with van der Waals surface area (Å²) < 4.78 is 0.775. The minimum atomic E-state index is -0.0524. The van der Waals surface area contributed by atoms with Gasteiger partial charge in [-0.05, 0) is 24.3 Å². The second kappa shape index (κ2) is 5.51. The minimum absolute atomic E-state index is 0.0524. The zero-order chi connectivity index (χ0) is 12.3. The molecule has 0 spiro atoms. The lowest BCUT2D eigenvalue weighted by Gasteiger charge is -2.10. The quantitative estimate of drug-likeness (QED) is 0.824. The van der Waals surface area contributed by atoms with Crippen LogP contribution in [0, 0.1) is 0 Å². The number of carbonyl (C=O) groups is 1. The summed E-state index contributed by atoms with van der Waals surface area (Å²) in [6.07, 6.45) is 2.70. The van der Waals surface area contributed by atoms with Crippen LogP contribution in [-0.4, -0.2) is 23.0 Å². The molecule has 0 aliphatic carbocycles. The van der Waals surface area contributed by atoms with E-state index in [2.05, 4.69) is 10.6 Å². The number of amides is 1. The molecule has 17 heavy (non-hydrogen) atoms. The first-order chi connectivity index (χ1) is 8.22. The molecule has 2 N–H and O–H groups in total. The third-order valence-corrected chi connectivity index (χ3v) is 3.96. The fourth-order valence-corrected chi connectivity index (χ4v) is 2.30. The molecule has 0 bridgehead atoms. The first-order valence-corrected chi connectivity index (χ1v) is 7.07. The van der Waals surface area contributed by atoms with Crippen molar-refractivity contribution in [2.45, 2.75) is 12.3 Å². The topological polar surface area (TPSA) is 41.1 Å². The van der Waals surface area contributed by atoms with Crippen LogP contribution in [0.4, 0.5) is 5.69 Å². The maximum Gasteiger partial charge on any atom is 0.232 e. The van der Waals surface area contributed by atoms with Crippen molar-refractivity contribution in [1.29, 1.82) is 0 Å². The molecule has 0 saturated carbocycles. The minimum Gasteiger partial charge on any atom is -0.371 e. The van der Waals surface area contributed by atoms with E-state index in [1.807, 2.05) is 30.5 Å². The van der Waals surface area contributed by atoms with Gasteiger partial charge in [0.25, 0.3) is 0 Å². The van der Waals surface area contributed by atoms with Gasteiger partial charge in [-0.2, -0.15) is 0 Å². The molecular weight excluding hydrogens is 252 g/mol. The number of thiocarbonyl (C=S) groups is 1. The number of rotatable bonds is 3. The van der Waals surface area contributed by atoms with E-state index in [9.17, 15) is 4.79 Å². The molecule has 1 unspecified atom stereocenters. The first kappa shape index (κ1) is 12.4. The van der Waals surface area contributed by atoms with Crippen molar-refractivity contribution in [3.05, 3.63) is 29.8 Å². The number of anilines is 1. The molecule has 1 heterocycles. The van der Waals surface area contributed by atoms with E-state index >= 15 is 0 Å². The summed E-state index contributed by atoms with van der Waals surface area (Å²) >= 11 is 6.57. The Balaban J connectivity index is 1.97. The number of nitrogens with one attached hydrogen (secondary N) is 2. The standard InChI is InChI=1S/C12H14N2OS2/c1-17-12(16)13-7-6-9-8-4-2-3-5-10(8)14-11(9)15/h2-5,9H,6-7H2,1H3,(H,13,16)(H,14,15). The Morgan fingerprint density at radius 3 is 3.06 bits per heavy atom. The summed E-state index contributed by atoms with van der Waals surface area (Å²) in [5.41, 5.74) is 2.03. The molecule has 5 heteroatoms. The Labute approximate surface area is 110 Å². The van der Waals surface area contributed by atoms with Crippen molar-refractivity contribution < 1.29 is 4.79 Å². The first-order valence-electron chi connectivity index (χ1n) is 5.44. The van der Waals surface area contributed by atoms with Crippen LogP contribution in [0.5, 0.6) is 0 Å². The summed E-state index contributed by atoms with van der Waals surface area (Å²) in [5.74, 6) is 0.0337. The molecule has 3 nitrogen and oxygen atoms in total. The number of para-hydroxylation sites is 1. The lowest BCUT2D eigenvalue weighted by Crippen LogP contribution is -2.23. The molecule has 90 valence electrons. The van der Waals surface area contributed by atoms with Gasteiger partial charge in [0, 0.05) is 12.2 Å². The number of hydrogen-bond acceptors (Lipinski definition) is 3. The lowest BCUT2D eigenvalue weighted by molar-refractivity contribution is -0.117. The largest absolute Gasteiger partial charge is 0.371 e. The zero-order valence-corrected chi connectivity index (χ0v) is 11.2. The highest BCUT2D eigenvalue weighted by molar-refractivity contribution is 8.22. The molecule has 1 atom stereocenters. The molecular formula is C12H14N2OS2. The van der Waals surface area contributed by atoms with Gasteiger partial charge in [0.2, 0.25) is 5.91 Å². The van der Waals surface area contributed by atoms with Gasteiger partial charge in [0.1, 0.15) is 4.32 Å². The number of benzene rings is 1. The smallest absolute Gasteiger partial charge is 0.232 e. The third-order valence-electron chi connectivity index (χ3n) is 2.80. The van der Waals surface area contributed by atoms with Crippen LogP contribution in [0.3, 0.4) is 0 Å². The molecule has 0 saturated heterocycles. The van der Waals surface area contributed by atoms with Crippen molar-refractivity contribution in [1.82, 2.24) is 5.32 Å². The lowest BCUT2D eigenvalue weighted by atomic mass is 9.97. The molecule has 2 rings (SSSR count). The van der Waals surface area contributed by atoms with E-state index < -0.39 is 0 Å². The fourth-order valence-electron chi connectivity index (χ4n) is 1.95. The van der Waals surface area contributed by atoms with Crippen LogP contribution in [0.1, 0.15) is 17.9 Å². The Morgan fingerprint density at radius 2 is 2.29 bits per heavy atom. The Morgan fingerprint density at radius 1 is 1.53 bits per heavy atom. The number of hydrogen-bond donors (Lipinski definition) is 2. The summed E-state index contributed by atoms with van der Waals surface area (Å²) in [7, 11) is 0. The monoisotopic (exact) mass is 266 g/mol. The van der Waals surface area contributed by atoms with Crippen molar-refractivity contribution in [2.24, 2.45) is 0 Å². The Kier molecular flexibility index (Phi) is 4.02. The maximum atomic E-state index is 11.8. The van der Waals surface area contributed by atoms with E-state index in [0.717, 1.165) is 28.5 Å². The molecule has 1 aromatic rings. The second-order valence-corrected chi connectivity index (χ2v) is 5.32. The molecule has 1 aliphatic rings.